The van der Waals surface area contributed by atoms with Gasteiger partial charge >= 0.3 is 0 Å². The van der Waals surface area contributed by atoms with Gasteiger partial charge in [-0.2, -0.15) is 0 Å². The topological polar surface area (TPSA) is 60.0 Å². The van der Waals surface area contributed by atoms with Crippen LogP contribution in [0.25, 0.3) is 0 Å². The van der Waals surface area contributed by atoms with Crippen LogP contribution in [-0.2, 0) is 4.79 Å². The molecule has 7 heteroatoms. The number of hydrogen-bond acceptors (Lipinski definition) is 3. The minimum absolute atomic E-state index is 0. The van der Waals surface area contributed by atoms with E-state index in [0.29, 0.717) is 13.0 Å². The maximum Gasteiger partial charge on any atom is 0.224 e. The Balaban J connectivity index is 0.00000625. The van der Waals surface area contributed by atoms with Gasteiger partial charge in [0.1, 0.15) is 0 Å². The van der Waals surface area contributed by atoms with E-state index >= 15 is 0 Å². The minimum atomic E-state index is 0. The lowest BCUT2D eigenvalue weighted by Gasteiger charge is -2.34. The second kappa shape index (κ2) is 15.5. The van der Waals surface area contributed by atoms with E-state index < -0.39 is 0 Å². The second-order valence-electron chi connectivity index (χ2n) is 6.60. The fraction of sp³-hybridized carbons (Fsp3) is 0.895. The summed E-state index contributed by atoms with van der Waals surface area (Å²) in [5.41, 5.74) is 0. The van der Waals surface area contributed by atoms with Crippen LogP contribution in [0.1, 0.15) is 59.8 Å². The number of rotatable bonds is 10. The molecule has 1 fully saturated rings. The number of carbonyl (C=O) groups is 1. The van der Waals surface area contributed by atoms with Crippen molar-refractivity contribution in [1.82, 2.24) is 20.4 Å². The molecular weight excluding hydrogens is 441 g/mol. The zero-order valence-corrected chi connectivity index (χ0v) is 19.6. The molecule has 0 aromatic carbocycles. The van der Waals surface area contributed by atoms with Crippen molar-refractivity contribution in [2.75, 3.05) is 45.8 Å². The van der Waals surface area contributed by atoms with Crippen molar-refractivity contribution in [3.05, 3.63) is 0 Å². The highest BCUT2D eigenvalue weighted by atomic mass is 127. The summed E-state index contributed by atoms with van der Waals surface area (Å²) in [5.74, 6) is 1.02. The fourth-order valence-electron chi connectivity index (χ4n) is 3.47. The number of aliphatic imine (C=N–C) groups is 1. The average molecular weight is 481 g/mol. The quantitative estimate of drug-likeness (QED) is 0.286. The van der Waals surface area contributed by atoms with E-state index in [4.69, 9.17) is 0 Å². The molecule has 0 saturated carbocycles. The number of carbonyl (C=O) groups excluding carboxylic acids is 1. The molecule has 26 heavy (non-hydrogen) atoms. The molecule has 1 atom stereocenters. The normalized spacial score (nSPS) is 18.2. The first-order valence-electron chi connectivity index (χ1n) is 10.2. The molecule has 1 unspecified atom stereocenters. The Morgan fingerprint density at radius 2 is 1.88 bits per heavy atom. The average Bonchev–Trinajstić information content (AvgIpc) is 2.63. The maximum absolute atomic E-state index is 12.1. The smallest absolute Gasteiger partial charge is 0.224 e. The summed E-state index contributed by atoms with van der Waals surface area (Å²) in [7, 11) is 0. The van der Waals surface area contributed by atoms with Crippen molar-refractivity contribution in [3.8, 4) is 0 Å². The first-order chi connectivity index (χ1) is 12.2. The van der Waals surface area contributed by atoms with Gasteiger partial charge in [-0.1, -0.05) is 13.3 Å². The molecule has 0 spiro atoms. The Hall–Kier alpha value is -0.570. The van der Waals surface area contributed by atoms with Gasteiger partial charge in [0.2, 0.25) is 5.91 Å². The molecule has 2 N–H and O–H groups in total. The molecule has 1 aliphatic rings. The van der Waals surface area contributed by atoms with Crippen LogP contribution in [-0.4, -0.2) is 73.5 Å². The summed E-state index contributed by atoms with van der Waals surface area (Å²) in [4.78, 5) is 21.2. The summed E-state index contributed by atoms with van der Waals surface area (Å²) in [6.07, 6.45) is 5.74. The predicted molar refractivity (Wildman–Crippen MR) is 121 cm³/mol. The predicted octanol–water partition coefficient (Wildman–Crippen LogP) is 2.68. The number of piperidine rings is 1. The Kier molecular flexibility index (Phi) is 15.1. The highest BCUT2D eigenvalue weighted by Gasteiger charge is 2.19. The summed E-state index contributed by atoms with van der Waals surface area (Å²) in [5, 5.41) is 6.56. The monoisotopic (exact) mass is 481 g/mol. The molecule has 1 amide bonds. The van der Waals surface area contributed by atoms with E-state index in [9.17, 15) is 4.79 Å². The van der Waals surface area contributed by atoms with Gasteiger partial charge in [-0.3, -0.25) is 14.7 Å². The molecule has 6 nitrogen and oxygen atoms in total. The number of hydrogen-bond donors (Lipinski definition) is 2. The van der Waals surface area contributed by atoms with Gasteiger partial charge in [0.15, 0.2) is 5.96 Å². The van der Waals surface area contributed by atoms with Crippen LogP contribution < -0.4 is 10.6 Å². The summed E-state index contributed by atoms with van der Waals surface area (Å²) in [6.45, 7) is 14.4. The van der Waals surface area contributed by atoms with Gasteiger partial charge in [-0.05, 0) is 46.6 Å². The van der Waals surface area contributed by atoms with Gasteiger partial charge in [0, 0.05) is 45.2 Å². The van der Waals surface area contributed by atoms with Crippen molar-refractivity contribution >= 4 is 35.8 Å². The molecule has 0 aromatic rings. The van der Waals surface area contributed by atoms with Crippen LogP contribution in [0, 0.1) is 0 Å². The van der Waals surface area contributed by atoms with Gasteiger partial charge in [-0.25, -0.2) is 0 Å². The molecule has 1 heterocycles. The molecule has 1 rings (SSSR count). The lowest BCUT2D eigenvalue weighted by Crippen LogP contribution is -2.42. The molecule has 1 saturated heterocycles. The van der Waals surface area contributed by atoms with Crippen molar-refractivity contribution in [1.29, 1.82) is 0 Å². The molecule has 0 bridgehead atoms. The number of nitrogens with zero attached hydrogens (tertiary/aromatic N) is 3. The summed E-state index contributed by atoms with van der Waals surface area (Å²) in [6, 6.07) is 0.728. The van der Waals surface area contributed by atoms with E-state index in [-0.39, 0.29) is 29.9 Å². The van der Waals surface area contributed by atoms with Crippen LogP contribution in [0.2, 0.25) is 0 Å². The van der Waals surface area contributed by atoms with Crippen LogP contribution >= 0.6 is 24.0 Å². The van der Waals surface area contributed by atoms with Crippen molar-refractivity contribution in [2.24, 2.45) is 4.99 Å². The lowest BCUT2D eigenvalue weighted by molar-refractivity contribution is -0.130. The zero-order chi connectivity index (χ0) is 18.5. The Morgan fingerprint density at radius 3 is 2.50 bits per heavy atom. The fourth-order valence-corrected chi connectivity index (χ4v) is 3.47. The molecule has 1 aliphatic heterocycles. The van der Waals surface area contributed by atoms with E-state index in [1.54, 1.807) is 0 Å². The van der Waals surface area contributed by atoms with Crippen molar-refractivity contribution in [2.45, 2.75) is 65.8 Å². The lowest BCUT2D eigenvalue weighted by atomic mass is 10.0. The van der Waals surface area contributed by atoms with Gasteiger partial charge in [0.05, 0.1) is 6.54 Å². The van der Waals surface area contributed by atoms with Crippen LogP contribution in [0.15, 0.2) is 4.99 Å². The Bertz CT molecular complexity index is 401. The number of guanidine groups is 1. The van der Waals surface area contributed by atoms with Gasteiger partial charge in [0.25, 0.3) is 0 Å². The van der Waals surface area contributed by atoms with Crippen LogP contribution in [0.3, 0.4) is 0 Å². The van der Waals surface area contributed by atoms with E-state index in [1.807, 2.05) is 18.7 Å². The highest BCUT2D eigenvalue weighted by molar-refractivity contribution is 14.0. The number of nitrogens with one attached hydrogen (secondary N) is 2. The third-order valence-electron chi connectivity index (χ3n) is 4.97. The summed E-state index contributed by atoms with van der Waals surface area (Å²) >= 11 is 0. The molecular formula is C19H40IN5O. The third-order valence-corrected chi connectivity index (χ3v) is 4.97. The highest BCUT2D eigenvalue weighted by Crippen LogP contribution is 2.18. The largest absolute Gasteiger partial charge is 0.357 e. The van der Waals surface area contributed by atoms with Gasteiger partial charge < -0.3 is 15.5 Å². The van der Waals surface area contributed by atoms with E-state index in [1.165, 1.54) is 32.2 Å². The van der Waals surface area contributed by atoms with E-state index in [2.05, 4.69) is 34.4 Å². The summed E-state index contributed by atoms with van der Waals surface area (Å²) < 4.78 is 0. The van der Waals surface area contributed by atoms with Gasteiger partial charge in [-0.15, -0.1) is 24.0 Å². The van der Waals surface area contributed by atoms with Crippen molar-refractivity contribution in [3.63, 3.8) is 0 Å². The molecule has 154 valence electrons. The minimum Gasteiger partial charge on any atom is -0.357 e. The Morgan fingerprint density at radius 1 is 1.15 bits per heavy atom. The zero-order valence-electron chi connectivity index (χ0n) is 17.2. The number of likely N-dealkylation sites (tertiary alicyclic amines) is 1. The number of halogens is 1. The third kappa shape index (κ3) is 9.39. The number of amides is 1. The SMILES string of the molecule is CCNC(=NCCN1CCCCC1CC)NCCC(=O)N(CC)CC.I. The maximum atomic E-state index is 12.1. The van der Waals surface area contributed by atoms with E-state index in [0.717, 1.165) is 44.7 Å². The van der Waals surface area contributed by atoms with Crippen molar-refractivity contribution < 1.29 is 4.79 Å². The second-order valence-corrected chi connectivity index (χ2v) is 6.60. The van der Waals surface area contributed by atoms with Crippen LogP contribution in [0.4, 0.5) is 0 Å². The first kappa shape index (κ1) is 25.4. The van der Waals surface area contributed by atoms with Crippen LogP contribution in [0.5, 0.6) is 0 Å². The Labute approximate surface area is 177 Å². The first-order valence-corrected chi connectivity index (χ1v) is 10.2. The molecule has 0 radical (unpaired) electrons. The molecule has 0 aliphatic carbocycles. The molecule has 0 aromatic heterocycles. The standard InChI is InChI=1S/C19H39N5O.HI/c1-5-17-11-9-10-15-24(17)16-14-22-19(20-6-2)21-13-12-18(25)23(7-3)8-4;/h17H,5-16H2,1-4H3,(H2,20,21,22);1H.